The molecule has 0 bridgehead atoms. The number of pyridine rings is 1. The first-order valence-electron chi connectivity index (χ1n) is 18.1. The molecule has 0 N–H and O–H groups in total. The van der Waals surface area contributed by atoms with Crippen LogP contribution >= 0.6 is 0 Å². The fourth-order valence-electron chi connectivity index (χ4n) is 8.80. The second-order valence-corrected chi connectivity index (χ2v) is 14.0. The van der Waals surface area contributed by atoms with E-state index in [-0.39, 0.29) is 5.56 Å². The summed E-state index contributed by atoms with van der Waals surface area (Å²) in [7, 11) is 0. The molecule has 0 aliphatic heterocycles. The topological polar surface area (TPSA) is 22.0 Å². The number of nitrogens with zero attached hydrogens (tertiary/aromatic N) is 1. The molecule has 0 saturated heterocycles. The Balaban J connectivity index is 1.24. The summed E-state index contributed by atoms with van der Waals surface area (Å²) in [5.74, 6) is 0. The first-order chi connectivity index (χ1) is 26.2. The molecule has 11 aromatic rings. The number of hydrogen-bond donors (Lipinski definition) is 0. The minimum atomic E-state index is -0.0212. The van der Waals surface area contributed by atoms with Gasteiger partial charge in [-0.05, 0) is 124 Å². The van der Waals surface area contributed by atoms with E-state index in [1.165, 1.54) is 54.2 Å². The van der Waals surface area contributed by atoms with Crippen molar-refractivity contribution >= 4 is 75.5 Å². The fraction of sp³-hybridized carbons (Fsp3) is 0. The van der Waals surface area contributed by atoms with Crippen molar-refractivity contribution in [2.24, 2.45) is 0 Å². The van der Waals surface area contributed by atoms with Gasteiger partial charge >= 0.3 is 0 Å². The van der Waals surface area contributed by atoms with Crippen molar-refractivity contribution in [2.45, 2.75) is 0 Å². The lowest BCUT2D eigenvalue weighted by atomic mass is 9.83. The van der Waals surface area contributed by atoms with Gasteiger partial charge in [-0.3, -0.25) is 9.36 Å². The van der Waals surface area contributed by atoms with Crippen LogP contribution in [0.3, 0.4) is 0 Å². The highest BCUT2D eigenvalue weighted by Gasteiger charge is 2.20. The van der Waals surface area contributed by atoms with Crippen molar-refractivity contribution in [3.63, 3.8) is 0 Å². The van der Waals surface area contributed by atoms with Crippen LogP contribution in [0.5, 0.6) is 0 Å². The zero-order chi connectivity index (χ0) is 35.0. The molecule has 2 nitrogen and oxygen atoms in total. The van der Waals surface area contributed by atoms with Gasteiger partial charge < -0.3 is 0 Å². The average molecular weight is 674 g/mol. The van der Waals surface area contributed by atoms with Crippen LogP contribution in [0.15, 0.2) is 193 Å². The van der Waals surface area contributed by atoms with Crippen molar-refractivity contribution in [3.8, 4) is 27.9 Å². The molecule has 0 spiro atoms. The predicted molar refractivity (Wildman–Crippen MR) is 225 cm³/mol. The van der Waals surface area contributed by atoms with Gasteiger partial charge in [-0.25, -0.2) is 0 Å². The molecular weight excluding hydrogens is 643 g/mol. The summed E-state index contributed by atoms with van der Waals surface area (Å²) in [5, 5.41) is 14.9. The quantitative estimate of drug-likeness (QED) is 0.135. The van der Waals surface area contributed by atoms with Crippen molar-refractivity contribution < 1.29 is 0 Å². The van der Waals surface area contributed by atoms with Gasteiger partial charge in [0.25, 0.3) is 5.56 Å². The minimum absolute atomic E-state index is 0.0212. The molecule has 0 fully saturated rings. The number of aromatic nitrogens is 1. The lowest BCUT2D eigenvalue weighted by molar-refractivity contribution is 1.06. The van der Waals surface area contributed by atoms with Crippen LogP contribution in [-0.2, 0) is 0 Å². The fourth-order valence-corrected chi connectivity index (χ4v) is 8.80. The van der Waals surface area contributed by atoms with Gasteiger partial charge in [0.2, 0.25) is 0 Å². The second-order valence-electron chi connectivity index (χ2n) is 14.0. The molecule has 1 heterocycles. The standard InChI is InChI=1S/C51H31NO/c53-51-47-30-34(26-27-39(47)40-20-12-13-25-48(40)52(51)36-16-2-1-3-17-36)49-41-21-8-10-23-43(41)50(44-24-11-9-22-42(44)49)46-31-35-28-32-14-4-5-15-33(32)29-45(35)37-18-6-7-19-38(37)46/h1-31H. The van der Waals surface area contributed by atoms with Crippen LogP contribution in [0, 0.1) is 0 Å². The van der Waals surface area contributed by atoms with Gasteiger partial charge in [0.1, 0.15) is 0 Å². The Hall–Kier alpha value is -7.03. The Morgan fingerprint density at radius 3 is 1.55 bits per heavy atom. The highest BCUT2D eigenvalue weighted by atomic mass is 16.1. The molecule has 0 amide bonds. The van der Waals surface area contributed by atoms with Gasteiger partial charge in [0, 0.05) is 16.5 Å². The number of fused-ring (bicyclic) bond motifs is 9. The predicted octanol–water partition coefficient (Wildman–Crippen LogP) is 13.2. The molecule has 0 atom stereocenters. The maximum Gasteiger partial charge on any atom is 0.263 e. The smallest absolute Gasteiger partial charge is 0.263 e. The first kappa shape index (κ1) is 29.7. The number of rotatable bonds is 3. The Morgan fingerprint density at radius 2 is 0.849 bits per heavy atom. The lowest BCUT2D eigenvalue weighted by Crippen LogP contribution is -2.19. The summed E-state index contributed by atoms with van der Waals surface area (Å²) in [4.78, 5) is 14.6. The van der Waals surface area contributed by atoms with E-state index in [1.807, 2.05) is 53.1 Å². The Bertz CT molecular complexity index is 3300. The van der Waals surface area contributed by atoms with E-state index in [0.29, 0.717) is 5.39 Å². The molecule has 0 aliphatic carbocycles. The van der Waals surface area contributed by atoms with Gasteiger partial charge in [0.05, 0.1) is 5.52 Å². The molecule has 11 rings (SSSR count). The molecular formula is C51H31NO. The molecule has 53 heavy (non-hydrogen) atoms. The van der Waals surface area contributed by atoms with Crippen LogP contribution < -0.4 is 5.56 Å². The van der Waals surface area contributed by atoms with Gasteiger partial charge in [0.15, 0.2) is 0 Å². The van der Waals surface area contributed by atoms with Crippen molar-refractivity contribution in [3.05, 3.63) is 198 Å². The van der Waals surface area contributed by atoms with Crippen molar-refractivity contribution in [1.82, 2.24) is 4.57 Å². The average Bonchev–Trinajstić information content (AvgIpc) is 3.22. The number of para-hydroxylation sites is 2. The normalized spacial score (nSPS) is 11.8. The summed E-state index contributed by atoms with van der Waals surface area (Å²) < 4.78 is 1.86. The molecule has 246 valence electrons. The number of hydrogen-bond acceptors (Lipinski definition) is 1. The third-order valence-corrected chi connectivity index (χ3v) is 11.1. The van der Waals surface area contributed by atoms with E-state index < -0.39 is 0 Å². The minimum Gasteiger partial charge on any atom is -0.276 e. The third-order valence-electron chi connectivity index (χ3n) is 11.1. The Labute approximate surface area is 305 Å². The van der Waals surface area contributed by atoms with E-state index in [2.05, 4.69) is 140 Å². The summed E-state index contributed by atoms with van der Waals surface area (Å²) in [6.07, 6.45) is 0. The van der Waals surface area contributed by atoms with Crippen LogP contribution in [-0.4, -0.2) is 4.57 Å². The SMILES string of the molecule is O=c1c2cc(-c3c4ccccc4c(-c4cc5cc6ccccc6cc5c5ccccc45)c4ccccc34)ccc2c2ccccc2n1-c1ccccc1. The maximum atomic E-state index is 14.6. The maximum absolute atomic E-state index is 14.6. The molecule has 0 radical (unpaired) electrons. The molecule has 0 aliphatic rings. The van der Waals surface area contributed by atoms with Crippen molar-refractivity contribution in [1.29, 1.82) is 0 Å². The van der Waals surface area contributed by atoms with E-state index in [4.69, 9.17) is 0 Å². The highest BCUT2D eigenvalue weighted by Crippen LogP contribution is 2.47. The molecule has 10 aromatic carbocycles. The Morgan fingerprint density at radius 1 is 0.321 bits per heavy atom. The van der Waals surface area contributed by atoms with Crippen LogP contribution in [0.4, 0.5) is 0 Å². The van der Waals surface area contributed by atoms with Gasteiger partial charge in [-0.15, -0.1) is 0 Å². The monoisotopic (exact) mass is 673 g/mol. The van der Waals surface area contributed by atoms with Crippen LogP contribution in [0.25, 0.3) is 103 Å². The molecule has 0 saturated carbocycles. The summed E-state index contributed by atoms with van der Waals surface area (Å²) >= 11 is 0. The summed E-state index contributed by atoms with van der Waals surface area (Å²) in [6.45, 7) is 0. The van der Waals surface area contributed by atoms with E-state index in [0.717, 1.165) is 43.9 Å². The second kappa shape index (κ2) is 11.5. The largest absolute Gasteiger partial charge is 0.276 e. The van der Waals surface area contributed by atoms with E-state index in [9.17, 15) is 4.79 Å². The van der Waals surface area contributed by atoms with Gasteiger partial charge in [-0.2, -0.15) is 0 Å². The molecule has 2 heteroatoms. The van der Waals surface area contributed by atoms with E-state index >= 15 is 0 Å². The third kappa shape index (κ3) is 4.43. The van der Waals surface area contributed by atoms with Crippen LogP contribution in [0.1, 0.15) is 0 Å². The lowest BCUT2D eigenvalue weighted by Gasteiger charge is -2.20. The summed E-state index contributed by atoms with van der Waals surface area (Å²) in [6, 6.07) is 66.7. The number of benzene rings is 10. The summed E-state index contributed by atoms with van der Waals surface area (Å²) in [5.41, 5.74) is 6.35. The zero-order valence-corrected chi connectivity index (χ0v) is 28.8. The Kier molecular flexibility index (Phi) is 6.44. The highest BCUT2D eigenvalue weighted by molar-refractivity contribution is 6.26. The van der Waals surface area contributed by atoms with Gasteiger partial charge in [-0.1, -0.05) is 146 Å². The molecule has 1 aromatic heterocycles. The molecule has 0 unspecified atom stereocenters. The van der Waals surface area contributed by atoms with Crippen LogP contribution in [0.2, 0.25) is 0 Å². The zero-order valence-electron chi connectivity index (χ0n) is 28.8. The van der Waals surface area contributed by atoms with E-state index in [1.54, 1.807) is 0 Å². The van der Waals surface area contributed by atoms with Crippen molar-refractivity contribution in [2.75, 3.05) is 0 Å². The first-order valence-corrected chi connectivity index (χ1v) is 18.1.